The topological polar surface area (TPSA) is 122 Å². The lowest BCUT2D eigenvalue weighted by Crippen LogP contribution is -2.52. The molecule has 1 aliphatic carbocycles. The lowest BCUT2D eigenvalue weighted by molar-refractivity contribution is 0.488. The van der Waals surface area contributed by atoms with Gasteiger partial charge in [0.2, 0.25) is 0 Å². The van der Waals surface area contributed by atoms with Crippen molar-refractivity contribution in [2.75, 3.05) is 5.73 Å². The van der Waals surface area contributed by atoms with Crippen molar-refractivity contribution in [2.45, 2.75) is 18.5 Å². The Morgan fingerprint density at radius 2 is 2.06 bits per heavy atom. The molecule has 0 radical (unpaired) electrons. The highest BCUT2D eigenvalue weighted by molar-refractivity contribution is 5.53. The van der Waals surface area contributed by atoms with Crippen LogP contribution in [0.4, 0.5) is 5.82 Å². The van der Waals surface area contributed by atoms with Crippen LogP contribution in [-0.2, 0) is 12.6 Å². The van der Waals surface area contributed by atoms with Crippen LogP contribution >= 0.6 is 0 Å². The predicted octanol–water partition coefficient (Wildman–Crippen LogP) is -0.796. The number of hydrogen-bond donors (Lipinski definition) is 4. The minimum Gasteiger partial charge on any atom is -0.399 e. The molecule has 6 heteroatoms. The number of allylic oxidation sites excluding steroid dienone is 1. The van der Waals surface area contributed by atoms with E-state index in [0.717, 1.165) is 11.3 Å². The lowest BCUT2D eigenvalue weighted by Gasteiger charge is -2.33. The zero-order valence-corrected chi connectivity index (χ0v) is 10.0. The molecule has 2 rings (SSSR count). The molecule has 0 aromatic carbocycles. The maximum atomic E-state index is 6.36. The summed E-state index contributed by atoms with van der Waals surface area (Å²) in [6, 6.07) is -0.419. The molecular weight excluding hydrogens is 216 g/mol. The van der Waals surface area contributed by atoms with Crippen LogP contribution < -0.4 is 22.9 Å². The molecule has 17 heavy (non-hydrogen) atoms. The maximum absolute atomic E-state index is 6.36. The first-order valence-corrected chi connectivity index (χ1v) is 5.37. The van der Waals surface area contributed by atoms with Crippen molar-refractivity contribution in [3.8, 4) is 0 Å². The standard InChI is InChI=1S/C11H18N6/c1-6-9(10(14)17(2)16-6)11(15)4-3-7(12)5-8(11)13/h3-5,8H,12-15H2,1-2H3. The minimum atomic E-state index is -0.856. The molecule has 0 amide bonds. The van der Waals surface area contributed by atoms with Gasteiger partial charge in [0, 0.05) is 18.3 Å². The van der Waals surface area contributed by atoms with Gasteiger partial charge in [0.05, 0.1) is 17.3 Å². The van der Waals surface area contributed by atoms with E-state index in [1.54, 1.807) is 30.0 Å². The van der Waals surface area contributed by atoms with Crippen molar-refractivity contribution < 1.29 is 0 Å². The third-order valence-electron chi connectivity index (χ3n) is 3.17. The fourth-order valence-electron chi connectivity index (χ4n) is 2.21. The second-order valence-corrected chi connectivity index (χ2v) is 4.43. The van der Waals surface area contributed by atoms with Gasteiger partial charge in [-0.15, -0.1) is 0 Å². The Morgan fingerprint density at radius 3 is 2.53 bits per heavy atom. The Kier molecular flexibility index (Phi) is 2.48. The van der Waals surface area contributed by atoms with Crippen molar-refractivity contribution in [2.24, 2.45) is 24.2 Å². The first kappa shape index (κ1) is 11.7. The van der Waals surface area contributed by atoms with Gasteiger partial charge in [-0.1, -0.05) is 6.08 Å². The SMILES string of the molecule is Cc1nn(C)c(N)c1C1(N)C=CC(N)=CC1N. The monoisotopic (exact) mass is 234 g/mol. The Morgan fingerprint density at radius 1 is 1.41 bits per heavy atom. The molecule has 2 unspecified atom stereocenters. The maximum Gasteiger partial charge on any atom is 0.127 e. The van der Waals surface area contributed by atoms with E-state index < -0.39 is 11.6 Å². The fourth-order valence-corrected chi connectivity index (χ4v) is 2.21. The molecule has 1 aromatic heterocycles. The van der Waals surface area contributed by atoms with Gasteiger partial charge in [-0.3, -0.25) is 4.68 Å². The van der Waals surface area contributed by atoms with Crippen LogP contribution in [-0.4, -0.2) is 15.8 Å². The van der Waals surface area contributed by atoms with E-state index in [1.165, 1.54) is 0 Å². The highest BCUT2D eigenvalue weighted by atomic mass is 15.3. The van der Waals surface area contributed by atoms with Crippen molar-refractivity contribution in [3.63, 3.8) is 0 Å². The largest absolute Gasteiger partial charge is 0.399 e. The van der Waals surface area contributed by atoms with E-state index in [-0.39, 0.29) is 0 Å². The lowest BCUT2D eigenvalue weighted by atomic mass is 9.80. The van der Waals surface area contributed by atoms with E-state index in [1.807, 2.05) is 6.92 Å². The number of rotatable bonds is 1. The Labute approximate surface area is 99.9 Å². The van der Waals surface area contributed by atoms with Crippen LogP contribution in [0.3, 0.4) is 0 Å². The van der Waals surface area contributed by atoms with Gasteiger partial charge < -0.3 is 22.9 Å². The van der Waals surface area contributed by atoms with Crippen LogP contribution in [0, 0.1) is 6.92 Å². The van der Waals surface area contributed by atoms with Gasteiger partial charge in [-0.05, 0) is 19.1 Å². The van der Waals surface area contributed by atoms with Gasteiger partial charge in [0.25, 0.3) is 0 Å². The zero-order valence-electron chi connectivity index (χ0n) is 10.0. The molecule has 92 valence electrons. The second-order valence-electron chi connectivity index (χ2n) is 4.43. The quantitative estimate of drug-likeness (QED) is 0.507. The molecule has 0 aliphatic heterocycles. The van der Waals surface area contributed by atoms with E-state index in [2.05, 4.69) is 5.10 Å². The minimum absolute atomic E-state index is 0.419. The highest BCUT2D eigenvalue weighted by Crippen LogP contribution is 2.33. The number of anilines is 1. The van der Waals surface area contributed by atoms with E-state index in [4.69, 9.17) is 22.9 Å². The number of nitrogen functional groups attached to an aromatic ring is 1. The Bertz CT molecular complexity index is 512. The third-order valence-corrected chi connectivity index (χ3v) is 3.17. The first-order chi connectivity index (χ1) is 7.86. The van der Waals surface area contributed by atoms with Crippen LogP contribution in [0.2, 0.25) is 0 Å². The van der Waals surface area contributed by atoms with E-state index >= 15 is 0 Å². The van der Waals surface area contributed by atoms with Crippen molar-refractivity contribution in [3.05, 3.63) is 35.2 Å². The molecule has 0 bridgehead atoms. The van der Waals surface area contributed by atoms with E-state index in [9.17, 15) is 0 Å². The smallest absolute Gasteiger partial charge is 0.127 e. The predicted molar refractivity (Wildman–Crippen MR) is 67.6 cm³/mol. The summed E-state index contributed by atoms with van der Waals surface area (Å²) in [7, 11) is 1.78. The molecule has 1 aromatic rings. The van der Waals surface area contributed by atoms with Crippen molar-refractivity contribution >= 4 is 5.82 Å². The summed E-state index contributed by atoms with van der Waals surface area (Å²) < 4.78 is 1.60. The normalized spacial score (nSPS) is 28.2. The fraction of sp³-hybridized carbons (Fsp3) is 0.364. The van der Waals surface area contributed by atoms with Crippen LogP contribution in [0.1, 0.15) is 11.3 Å². The number of nitrogens with two attached hydrogens (primary N) is 4. The average molecular weight is 234 g/mol. The first-order valence-electron chi connectivity index (χ1n) is 5.37. The molecule has 8 N–H and O–H groups in total. The molecule has 0 fully saturated rings. The Balaban J connectivity index is 2.57. The van der Waals surface area contributed by atoms with Crippen LogP contribution in [0.5, 0.6) is 0 Å². The summed E-state index contributed by atoms with van der Waals surface area (Å²) in [6.07, 6.45) is 5.26. The molecule has 6 nitrogen and oxygen atoms in total. The van der Waals surface area contributed by atoms with Gasteiger partial charge in [0.1, 0.15) is 5.82 Å². The molecular formula is C11H18N6. The zero-order chi connectivity index (χ0) is 12.8. The average Bonchev–Trinajstić information content (AvgIpc) is 2.48. The Hall–Kier alpha value is -1.79. The summed E-state index contributed by atoms with van der Waals surface area (Å²) in [6.45, 7) is 1.86. The highest BCUT2D eigenvalue weighted by Gasteiger charge is 2.37. The number of aromatic nitrogens is 2. The summed E-state index contributed by atoms with van der Waals surface area (Å²) in [5.41, 5.74) is 25.4. The molecule has 2 atom stereocenters. The van der Waals surface area contributed by atoms with Gasteiger partial charge in [-0.25, -0.2) is 0 Å². The second kappa shape index (κ2) is 3.61. The third kappa shape index (κ3) is 1.62. The summed E-state index contributed by atoms with van der Waals surface area (Å²) in [4.78, 5) is 0. The van der Waals surface area contributed by atoms with Crippen LogP contribution in [0.15, 0.2) is 23.9 Å². The number of aryl methyl sites for hydroxylation is 2. The molecule has 0 saturated heterocycles. The molecule has 1 aliphatic rings. The summed E-state index contributed by atoms with van der Waals surface area (Å²) in [5.74, 6) is 0.527. The van der Waals surface area contributed by atoms with Crippen molar-refractivity contribution in [1.82, 2.24) is 9.78 Å². The molecule has 0 spiro atoms. The molecule has 1 heterocycles. The van der Waals surface area contributed by atoms with E-state index in [0.29, 0.717) is 11.5 Å². The molecule has 0 saturated carbocycles. The van der Waals surface area contributed by atoms with Crippen molar-refractivity contribution in [1.29, 1.82) is 0 Å². The summed E-state index contributed by atoms with van der Waals surface area (Å²) in [5, 5.41) is 4.25. The number of hydrogen-bond acceptors (Lipinski definition) is 5. The van der Waals surface area contributed by atoms with Gasteiger partial charge >= 0.3 is 0 Å². The summed E-state index contributed by atoms with van der Waals surface area (Å²) >= 11 is 0. The van der Waals surface area contributed by atoms with Gasteiger partial charge in [0.15, 0.2) is 0 Å². The van der Waals surface area contributed by atoms with Crippen LogP contribution in [0.25, 0.3) is 0 Å². The number of nitrogens with zero attached hydrogens (tertiary/aromatic N) is 2. The van der Waals surface area contributed by atoms with Gasteiger partial charge in [-0.2, -0.15) is 5.10 Å².